The van der Waals surface area contributed by atoms with Gasteiger partial charge >= 0.3 is 0 Å². The van der Waals surface area contributed by atoms with Gasteiger partial charge in [0.25, 0.3) is 0 Å². The zero-order chi connectivity index (χ0) is 13.8. The summed E-state index contributed by atoms with van der Waals surface area (Å²) in [6.07, 6.45) is 0.917. The second-order valence-corrected chi connectivity index (χ2v) is 5.44. The molecule has 1 heterocycles. The van der Waals surface area contributed by atoms with Crippen LogP contribution in [0.2, 0.25) is 0 Å². The van der Waals surface area contributed by atoms with Gasteiger partial charge in [0.15, 0.2) is 0 Å². The highest BCUT2D eigenvalue weighted by Gasteiger charge is 2.08. The number of rotatable bonds is 5. The largest absolute Gasteiger partial charge is 0.461 e. The van der Waals surface area contributed by atoms with Crippen molar-refractivity contribution in [1.29, 1.82) is 0 Å². The van der Waals surface area contributed by atoms with Crippen LogP contribution in [0, 0.1) is 0 Å². The van der Waals surface area contributed by atoms with Gasteiger partial charge in [0.05, 0.1) is 0 Å². The zero-order valence-corrected chi connectivity index (χ0v) is 12.2. The van der Waals surface area contributed by atoms with E-state index in [2.05, 4.69) is 62.5 Å². The van der Waals surface area contributed by atoms with E-state index < -0.39 is 0 Å². The zero-order valence-electron chi connectivity index (χ0n) is 12.2. The number of nitrogens with one attached hydrogen (secondary N) is 1. The summed E-state index contributed by atoms with van der Waals surface area (Å²) in [4.78, 5) is 0. The standard InChI is InChI=1S/C17H23NO/c1-12(2)14-5-7-15(8-6-14)17-10-9-16(19-17)11-13(3)18-4/h5-10,12-13,18H,11H2,1-4H3. The lowest BCUT2D eigenvalue weighted by Crippen LogP contribution is -2.23. The number of hydrogen-bond acceptors (Lipinski definition) is 2. The predicted molar refractivity (Wildman–Crippen MR) is 80.5 cm³/mol. The van der Waals surface area contributed by atoms with Gasteiger partial charge < -0.3 is 9.73 Å². The molecule has 2 rings (SSSR count). The average Bonchev–Trinajstić information content (AvgIpc) is 2.87. The molecule has 1 aromatic carbocycles. The van der Waals surface area contributed by atoms with Crippen molar-refractivity contribution in [2.75, 3.05) is 7.05 Å². The van der Waals surface area contributed by atoms with Crippen molar-refractivity contribution in [2.45, 2.75) is 39.2 Å². The molecular weight excluding hydrogens is 234 g/mol. The first-order chi connectivity index (χ1) is 9.10. The molecule has 2 nitrogen and oxygen atoms in total. The maximum Gasteiger partial charge on any atom is 0.134 e. The van der Waals surface area contributed by atoms with Crippen LogP contribution in [-0.2, 0) is 6.42 Å². The summed E-state index contributed by atoms with van der Waals surface area (Å²) in [7, 11) is 1.97. The minimum absolute atomic E-state index is 0.433. The summed E-state index contributed by atoms with van der Waals surface area (Å²) in [5, 5.41) is 3.22. The van der Waals surface area contributed by atoms with Gasteiger partial charge in [-0.25, -0.2) is 0 Å². The van der Waals surface area contributed by atoms with Gasteiger partial charge in [-0.05, 0) is 37.6 Å². The lowest BCUT2D eigenvalue weighted by Gasteiger charge is -2.07. The molecule has 0 saturated carbocycles. The molecule has 1 unspecified atom stereocenters. The Kier molecular flexibility index (Phi) is 4.43. The van der Waals surface area contributed by atoms with E-state index in [0.717, 1.165) is 23.5 Å². The Labute approximate surface area is 115 Å². The fourth-order valence-electron chi connectivity index (χ4n) is 2.08. The van der Waals surface area contributed by atoms with Crippen LogP contribution in [0.25, 0.3) is 11.3 Å². The van der Waals surface area contributed by atoms with Crippen molar-refractivity contribution in [3.05, 3.63) is 47.7 Å². The normalized spacial score (nSPS) is 12.9. The maximum absolute atomic E-state index is 5.90. The molecule has 102 valence electrons. The summed E-state index contributed by atoms with van der Waals surface area (Å²) < 4.78 is 5.90. The molecular formula is C17H23NO. The third kappa shape index (κ3) is 3.48. The molecule has 0 spiro atoms. The van der Waals surface area contributed by atoms with Crippen LogP contribution in [0.15, 0.2) is 40.8 Å². The Morgan fingerprint density at radius 3 is 2.26 bits per heavy atom. The van der Waals surface area contributed by atoms with Crippen molar-refractivity contribution in [3.8, 4) is 11.3 Å². The molecule has 0 aliphatic rings. The first-order valence-corrected chi connectivity index (χ1v) is 6.96. The van der Waals surface area contributed by atoms with Crippen LogP contribution in [0.1, 0.15) is 38.0 Å². The van der Waals surface area contributed by atoms with Crippen LogP contribution in [0.4, 0.5) is 0 Å². The lowest BCUT2D eigenvalue weighted by atomic mass is 10.0. The van der Waals surface area contributed by atoms with E-state index in [1.807, 2.05) is 7.05 Å². The Bertz CT molecular complexity index is 510. The molecule has 0 saturated heterocycles. The van der Waals surface area contributed by atoms with Gasteiger partial charge in [0.1, 0.15) is 11.5 Å². The molecule has 1 atom stereocenters. The van der Waals surface area contributed by atoms with Crippen molar-refractivity contribution in [1.82, 2.24) is 5.32 Å². The van der Waals surface area contributed by atoms with Crippen molar-refractivity contribution < 1.29 is 4.42 Å². The maximum atomic E-state index is 5.90. The van der Waals surface area contributed by atoms with Gasteiger partial charge in [-0.1, -0.05) is 38.1 Å². The van der Waals surface area contributed by atoms with Gasteiger partial charge in [-0.2, -0.15) is 0 Å². The third-order valence-electron chi connectivity index (χ3n) is 3.52. The Hall–Kier alpha value is -1.54. The highest BCUT2D eigenvalue weighted by molar-refractivity contribution is 5.58. The average molecular weight is 257 g/mol. The Morgan fingerprint density at radius 2 is 1.68 bits per heavy atom. The summed E-state index contributed by atoms with van der Waals surface area (Å²) in [5.41, 5.74) is 2.51. The third-order valence-corrected chi connectivity index (χ3v) is 3.52. The van der Waals surface area contributed by atoms with Gasteiger partial charge in [-0.3, -0.25) is 0 Å². The van der Waals surface area contributed by atoms with Crippen LogP contribution < -0.4 is 5.32 Å². The molecule has 0 bridgehead atoms. The molecule has 0 aliphatic carbocycles. The van der Waals surface area contributed by atoms with E-state index in [0.29, 0.717) is 12.0 Å². The molecule has 0 radical (unpaired) electrons. The molecule has 2 heteroatoms. The molecule has 2 aromatic rings. The van der Waals surface area contributed by atoms with E-state index in [-0.39, 0.29) is 0 Å². The molecule has 0 amide bonds. The smallest absolute Gasteiger partial charge is 0.134 e. The molecule has 1 aromatic heterocycles. The van der Waals surface area contributed by atoms with Crippen LogP contribution in [0.3, 0.4) is 0 Å². The minimum Gasteiger partial charge on any atom is -0.461 e. The van der Waals surface area contributed by atoms with E-state index >= 15 is 0 Å². The molecule has 0 fully saturated rings. The second kappa shape index (κ2) is 6.07. The highest BCUT2D eigenvalue weighted by Crippen LogP contribution is 2.25. The van der Waals surface area contributed by atoms with E-state index in [1.165, 1.54) is 5.56 Å². The highest BCUT2D eigenvalue weighted by atomic mass is 16.3. The quantitative estimate of drug-likeness (QED) is 0.867. The topological polar surface area (TPSA) is 25.2 Å². The first-order valence-electron chi connectivity index (χ1n) is 6.96. The molecule has 19 heavy (non-hydrogen) atoms. The summed E-state index contributed by atoms with van der Waals surface area (Å²) in [5.74, 6) is 2.55. The summed E-state index contributed by atoms with van der Waals surface area (Å²) >= 11 is 0. The lowest BCUT2D eigenvalue weighted by molar-refractivity contribution is 0.481. The minimum atomic E-state index is 0.433. The van der Waals surface area contributed by atoms with Crippen molar-refractivity contribution in [2.24, 2.45) is 0 Å². The van der Waals surface area contributed by atoms with Gasteiger partial charge in [0, 0.05) is 18.0 Å². The number of likely N-dealkylation sites (N-methyl/N-ethyl adjacent to an activating group) is 1. The van der Waals surface area contributed by atoms with E-state index in [9.17, 15) is 0 Å². The Morgan fingerprint density at radius 1 is 1.00 bits per heavy atom. The van der Waals surface area contributed by atoms with Gasteiger partial charge in [0.2, 0.25) is 0 Å². The number of furan rings is 1. The van der Waals surface area contributed by atoms with E-state index in [1.54, 1.807) is 0 Å². The molecule has 1 N–H and O–H groups in total. The van der Waals surface area contributed by atoms with Gasteiger partial charge in [-0.15, -0.1) is 0 Å². The summed E-state index contributed by atoms with van der Waals surface area (Å²) in [6, 6.07) is 13.2. The van der Waals surface area contributed by atoms with E-state index in [4.69, 9.17) is 4.42 Å². The predicted octanol–water partition coefficient (Wildman–Crippen LogP) is 4.22. The second-order valence-electron chi connectivity index (χ2n) is 5.44. The van der Waals surface area contributed by atoms with Crippen LogP contribution >= 0.6 is 0 Å². The molecule has 0 aliphatic heterocycles. The fourth-order valence-corrected chi connectivity index (χ4v) is 2.08. The fraction of sp³-hybridized carbons (Fsp3) is 0.412. The SMILES string of the molecule is CNC(C)Cc1ccc(-c2ccc(C(C)C)cc2)o1. The number of benzene rings is 1. The summed E-state index contributed by atoms with van der Waals surface area (Å²) in [6.45, 7) is 6.57. The monoisotopic (exact) mass is 257 g/mol. The Balaban J connectivity index is 2.13. The van der Waals surface area contributed by atoms with Crippen molar-refractivity contribution in [3.63, 3.8) is 0 Å². The number of hydrogen-bond donors (Lipinski definition) is 1. The van der Waals surface area contributed by atoms with Crippen LogP contribution in [0.5, 0.6) is 0 Å². The first kappa shape index (κ1) is 13.9. The van der Waals surface area contributed by atoms with Crippen LogP contribution in [-0.4, -0.2) is 13.1 Å². The van der Waals surface area contributed by atoms with Crippen molar-refractivity contribution >= 4 is 0 Å².